The zero-order valence-corrected chi connectivity index (χ0v) is 9.06. The SMILES string of the molecule is CC(C)c1cn[nH]c1CNC(=O)CCl. The molecule has 0 aromatic carbocycles. The Kier molecular flexibility index (Phi) is 3.95. The van der Waals surface area contributed by atoms with Gasteiger partial charge in [-0.1, -0.05) is 13.8 Å². The van der Waals surface area contributed by atoms with Crippen LogP contribution in [0, 0.1) is 0 Å². The number of nitrogens with zero attached hydrogens (tertiary/aromatic N) is 1. The number of alkyl halides is 1. The quantitative estimate of drug-likeness (QED) is 0.746. The molecule has 14 heavy (non-hydrogen) atoms. The van der Waals surface area contributed by atoms with Crippen molar-refractivity contribution in [3.8, 4) is 0 Å². The van der Waals surface area contributed by atoms with Gasteiger partial charge in [0.05, 0.1) is 18.4 Å². The Labute approximate surface area is 88.0 Å². The van der Waals surface area contributed by atoms with E-state index in [1.165, 1.54) is 0 Å². The first-order valence-corrected chi connectivity index (χ1v) is 5.03. The molecule has 0 unspecified atom stereocenters. The van der Waals surface area contributed by atoms with Crippen molar-refractivity contribution in [2.24, 2.45) is 0 Å². The predicted octanol–water partition coefficient (Wildman–Crippen LogP) is 1.39. The molecule has 0 saturated heterocycles. The van der Waals surface area contributed by atoms with E-state index in [1.807, 2.05) is 0 Å². The lowest BCUT2D eigenvalue weighted by Gasteiger charge is -2.06. The van der Waals surface area contributed by atoms with Crippen molar-refractivity contribution < 1.29 is 4.79 Å². The highest BCUT2D eigenvalue weighted by Crippen LogP contribution is 2.16. The van der Waals surface area contributed by atoms with Crippen molar-refractivity contribution >= 4 is 17.5 Å². The van der Waals surface area contributed by atoms with Crippen LogP contribution in [-0.4, -0.2) is 22.0 Å². The second kappa shape index (κ2) is 5.00. The van der Waals surface area contributed by atoms with E-state index in [4.69, 9.17) is 11.6 Å². The minimum atomic E-state index is -0.170. The molecule has 0 saturated carbocycles. The zero-order chi connectivity index (χ0) is 10.6. The van der Waals surface area contributed by atoms with Gasteiger partial charge in [-0.2, -0.15) is 5.10 Å². The molecule has 0 radical (unpaired) electrons. The second-order valence-corrected chi connectivity index (χ2v) is 3.64. The zero-order valence-electron chi connectivity index (χ0n) is 8.30. The maximum absolute atomic E-state index is 10.9. The monoisotopic (exact) mass is 215 g/mol. The van der Waals surface area contributed by atoms with Crippen LogP contribution in [0.4, 0.5) is 0 Å². The molecule has 0 aliphatic rings. The summed E-state index contributed by atoms with van der Waals surface area (Å²) in [5, 5.41) is 9.48. The first-order chi connectivity index (χ1) is 6.65. The molecule has 0 atom stereocenters. The molecule has 0 bridgehead atoms. The fraction of sp³-hybridized carbons (Fsp3) is 0.556. The average molecular weight is 216 g/mol. The lowest BCUT2D eigenvalue weighted by Crippen LogP contribution is -2.24. The summed E-state index contributed by atoms with van der Waals surface area (Å²) in [5.74, 6) is 0.221. The molecular weight excluding hydrogens is 202 g/mol. The van der Waals surface area contributed by atoms with Crippen LogP contribution < -0.4 is 5.32 Å². The lowest BCUT2D eigenvalue weighted by molar-refractivity contribution is -0.118. The van der Waals surface area contributed by atoms with Crippen LogP contribution in [-0.2, 0) is 11.3 Å². The minimum Gasteiger partial charge on any atom is -0.349 e. The van der Waals surface area contributed by atoms with Gasteiger partial charge in [0, 0.05) is 0 Å². The van der Waals surface area contributed by atoms with E-state index >= 15 is 0 Å². The van der Waals surface area contributed by atoms with Crippen LogP contribution in [0.1, 0.15) is 31.0 Å². The van der Waals surface area contributed by atoms with E-state index in [0.29, 0.717) is 12.5 Å². The standard InChI is InChI=1S/C9H14ClN3O/c1-6(2)7-4-12-13-8(7)5-11-9(14)3-10/h4,6H,3,5H2,1-2H3,(H,11,14)(H,12,13). The van der Waals surface area contributed by atoms with Gasteiger partial charge in [0.1, 0.15) is 5.88 Å². The Bertz CT molecular complexity index is 309. The maximum Gasteiger partial charge on any atom is 0.235 e. The van der Waals surface area contributed by atoms with Gasteiger partial charge in [0.25, 0.3) is 0 Å². The fourth-order valence-electron chi connectivity index (χ4n) is 1.20. The van der Waals surface area contributed by atoms with E-state index in [1.54, 1.807) is 6.20 Å². The Morgan fingerprint density at radius 1 is 1.71 bits per heavy atom. The molecule has 1 amide bonds. The molecule has 0 fully saturated rings. The van der Waals surface area contributed by atoms with Gasteiger partial charge < -0.3 is 5.32 Å². The summed E-state index contributed by atoms with van der Waals surface area (Å²) in [7, 11) is 0. The van der Waals surface area contributed by atoms with Crippen molar-refractivity contribution in [3.63, 3.8) is 0 Å². The molecule has 1 aromatic heterocycles. The molecule has 78 valence electrons. The van der Waals surface area contributed by atoms with Crippen molar-refractivity contribution in [2.45, 2.75) is 26.3 Å². The third-order valence-electron chi connectivity index (χ3n) is 1.96. The van der Waals surface area contributed by atoms with Crippen LogP contribution in [0.25, 0.3) is 0 Å². The van der Waals surface area contributed by atoms with Crippen LogP contribution in [0.2, 0.25) is 0 Å². The summed E-state index contributed by atoms with van der Waals surface area (Å²) in [6.07, 6.45) is 1.78. The Hall–Kier alpha value is -1.03. The second-order valence-electron chi connectivity index (χ2n) is 3.37. The summed E-state index contributed by atoms with van der Waals surface area (Å²) < 4.78 is 0. The first-order valence-electron chi connectivity index (χ1n) is 4.50. The molecule has 2 N–H and O–H groups in total. The molecule has 0 aliphatic carbocycles. The number of aromatic amines is 1. The van der Waals surface area contributed by atoms with Crippen molar-refractivity contribution in [3.05, 3.63) is 17.5 Å². The van der Waals surface area contributed by atoms with Gasteiger partial charge in [-0.15, -0.1) is 11.6 Å². The van der Waals surface area contributed by atoms with Gasteiger partial charge in [-0.05, 0) is 11.5 Å². The van der Waals surface area contributed by atoms with E-state index < -0.39 is 0 Å². The van der Waals surface area contributed by atoms with Crippen molar-refractivity contribution in [2.75, 3.05) is 5.88 Å². The lowest BCUT2D eigenvalue weighted by atomic mass is 10.0. The van der Waals surface area contributed by atoms with E-state index in [0.717, 1.165) is 11.3 Å². The smallest absolute Gasteiger partial charge is 0.235 e. The highest BCUT2D eigenvalue weighted by molar-refractivity contribution is 6.27. The van der Waals surface area contributed by atoms with Gasteiger partial charge in [0.2, 0.25) is 5.91 Å². The number of hydrogen-bond donors (Lipinski definition) is 2. The summed E-state index contributed by atoms with van der Waals surface area (Å²) in [4.78, 5) is 10.9. The Balaban J connectivity index is 2.58. The molecule has 1 heterocycles. The average Bonchev–Trinajstić information content (AvgIpc) is 2.62. The number of carbonyl (C=O) groups excluding carboxylic acids is 1. The number of carbonyl (C=O) groups is 1. The van der Waals surface area contributed by atoms with Gasteiger partial charge in [0.15, 0.2) is 0 Å². The number of halogens is 1. The molecule has 0 aliphatic heterocycles. The molecule has 4 nitrogen and oxygen atoms in total. The summed E-state index contributed by atoms with van der Waals surface area (Å²) in [6.45, 7) is 4.62. The largest absolute Gasteiger partial charge is 0.349 e. The molecule has 1 aromatic rings. The van der Waals surface area contributed by atoms with Crippen LogP contribution in [0.5, 0.6) is 0 Å². The summed E-state index contributed by atoms with van der Waals surface area (Å²) in [6, 6.07) is 0. The molecule has 0 spiro atoms. The van der Waals surface area contributed by atoms with Crippen molar-refractivity contribution in [1.29, 1.82) is 0 Å². The number of nitrogens with one attached hydrogen (secondary N) is 2. The number of H-pyrrole nitrogens is 1. The summed E-state index contributed by atoms with van der Waals surface area (Å²) >= 11 is 5.36. The van der Waals surface area contributed by atoms with E-state index in [9.17, 15) is 4.79 Å². The highest BCUT2D eigenvalue weighted by Gasteiger charge is 2.09. The number of aromatic nitrogens is 2. The Morgan fingerprint density at radius 3 is 3.00 bits per heavy atom. The van der Waals surface area contributed by atoms with Crippen molar-refractivity contribution in [1.82, 2.24) is 15.5 Å². The topological polar surface area (TPSA) is 57.8 Å². The number of rotatable bonds is 4. The van der Waals surface area contributed by atoms with E-state index in [2.05, 4.69) is 29.4 Å². The predicted molar refractivity (Wildman–Crippen MR) is 55.2 cm³/mol. The fourth-order valence-corrected chi connectivity index (χ4v) is 1.29. The maximum atomic E-state index is 10.9. The Morgan fingerprint density at radius 2 is 2.43 bits per heavy atom. The van der Waals surface area contributed by atoms with Crippen LogP contribution >= 0.6 is 11.6 Å². The van der Waals surface area contributed by atoms with Gasteiger partial charge in [-0.25, -0.2) is 0 Å². The molecule has 5 heteroatoms. The number of hydrogen-bond acceptors (Lipinski definition) is 2. The third kappa shape index (κ3) is 2.73. The van der Waals surface area contributed by atoms with Gasteiger partial charge >= 0.3 is 0 Å². The number of amides is 1. The van der Waals surface area contributed by atoms with Gasteiger partial charge in [-0.3, -0.25) is 9.89 Å². The summed E-state index contributed by atoms with van der Waals surface area (Å²) in [5.41, 5.74) is 2.07. The normalized spacial score (nSPS) is 10.6. The van der Waals surface area contributed by atoms with E-state index in [-0.39, 0.29) is 11.8 Å². The molecular formula is C9H14ClN3O. The minimum absolute atomic E-state index is 0.00878. The van der Waals surface area contributed by atoms with Crippen LogP contribution in [0.3, 0.4) is 0 Å². The molecule has 1 rings (SSSR count). The first kappa shape index (κ1) is 11.0. The third-order valence-corrected chi connectivity index (χ3v) is 2.20. The highest BCUT2D eigenvalue weighted by atomic mass is 35.5. The van der Waals surface area contributed by atoms with Crippen LogP contribution in [0.15, 0.2) is 6.20 Å².